The Balaban J connectivity index is 2.05. The molecule has 2 aromatic rings. The Hall–Kier alpha value is -1.17. The van der Waals surface area contributed by atoms with E-state index >= 15 is 0 Å². The first-order valence-electron chi connectivity index (χ1n) is 6.72. The molecule has 0 spiro atoms. The van der Waals surface area contributed by atoms with Gasteiger partial charge in [-0.05, 0) is 56.2 Å². The Labute approximate surface area is 138 Å². The molecule has 0 aliphatic heterocycles. The first kappa shape index (κ1) is 16.2. The highest BCUT2D eigenvalue weighted by Gasteiger charge is 2.17. The lowest BCUT2D eigenvalue weighted by Gasteiger charge is -2.23. The summed E-state index contributed by atoms with van der Waals surface area (Å²) in [4.78, 5) is 15.7. The lowest BCUT2D eigenvalue weighted by atomic mass is 10.1. The first-order valence-corrected chi connectivity index (χ1v) is 8.40. The van der Waals surface area contributed by atoms with E-state index in [1.165, 1.54) is 4.88 Å². The van der Waals surface area contributed by atoms with E-state index in [2.05, 4.69) is 37.6 Å². The Kier molecular flexibility index (Phi) is 5.56. The molecule has 1 atom stereocenters. The van der Waals surface area contributed by atoms with Crippen LogP contribution in [0.1, 0.15) is 26.8 Å². The van der Waals surface area contributed by atoms with Crippen LogP contribution < -0.4 is 5.32 Å². The van der Waals surface area contributed by atoms with Crippen LogP contribution in [-0.2, 0) is 0 Å². The Morgan fingerprint density at radius 1 is 1.38 bits per heavy atom. The third kappa shape index (κ3) is 4.40. The Morgan fingerprint density at radius 3 is 2.71 bits per heavy atom. The van der Waals surface area contributed by atoms with E-state index in [-0.39, 0.29) is 11.9 Å². The lowest BCUT2D eigenvalue weighted by molar-refractivity contribution is 0.0942. The molecule has 2 rings (SSSR count). The number of hydrogen-bond donors (Lipinski definition) is 1. The molecule has 1 unspecified atom stereocenters. The van der Waals surface area contributed by atoms with Crippen molar-refractivity contribution in [3.8, 4) is 0 Å². The fraction of sp³-hybridized carbons (Fsp3) is 0.312. The Morgan fingerprint density at radius 2 is 2.14 bits per heavy atom. The van der Waals surface area contributed by atoms with Gasteiger partial charge < -0.3 is 10.2 Å². The number of nitrogens with zero attached hydrogens (tertiary/aromatic N) is 1. The van der Waals surface area contributed by atoms with Crippen molar-refractivity contribution in [3.05, 3.63) is 56.2 Å². The minimum Gasteiger partial charge on any atom is -0.350 e. The second-order valence-electron chi connectivity index (χ2n) is 5.22. The number of rotatable bonds is 5. The van der Waals surface area contributed by atoms with Crippen molar-refractivity contribution in [3.63, 3.8) is 0 Å². The number of likely N-dealkylation sites (N-methyl/N-ethyl adjacent to an activating group) is 1. The van der Waals surface area contributed by atoms with Crippen molar-refractivity contribution in [2.24, 2.45) is 0 Å². The molecule has 112 valence electrons. The molecule has 0 bridgehead atoms. The third-order valence-corrected chi connectivity index (χ3v) is 4.69. The third-order valence-electron chi connectivity index (χ3n) is 3.26. The van der Waals surface area contributed by atoms with Crippen LogP contribution in [0.25, 0.3) is 0 Å². The number of hydrogen-bond acceptors (Lipinski definition) is 3. The van der Waals surface area contributed by atoms with Crippen molar-refractivity contribution in [2.75, 3.05) is 20.6 Å². The summed E-state index contributed by atoms with van der Waals surface area (Å²) < 4.78 is 0.926. The molecule has 1 amide bonds. The fourth-order valence-corrected chi connectivity index (χ4v) is 3.71. The largest absolute Gasteiger partial charge is 0.350 e. The molecule has 0 fully saturated rings. The summed E-state index contributed by atoms with van der Waals surface area (Å²) in [6.07, 6.45) is 0. The number of thiophene rings is 1. The van der Waals surface area contributed by atoms with E-state index in [9.17, 15) is 4.79 Å². The number of benzene rings is 1. The highest BCUT2D eigenvalue weighted by atomic mass is 79.9. The predicted molar refractivity (Wildman–Crippen MR) is 92.0 cm³/mol. The van der Waals surface area contributed by atoms with Gasteiger partial charge in [-0.3, -0.25) is 4.79 Å². The van der Waals surface area contributed by atoms with Crippen LogP contribution in [0, 0.1) is 6.92 Å². The van der Waals surface area contributed by atoms with Crippen LogP contribution in [0.15, 0.2) is 40.2 Å². The number of nitrogens with one attached hydrogen (secondary N) is 1. The summed E-state index contributed by atoms with van der Waals surface area (Å²) in [5, 5.41) is 5.09. The molecule has 0 saturated heterocycles. The summed E-state index contributed by atoms with van der Waals surface area (Å²) >= 11 is 5.14. The SMILES string of the molecule is Cc1cc(Br)cc(C(=O)NCC(c2cccs2)N(C)C)c1. The van der Waals surface area contributed by atoms with Gasteiger partial charge in [0.1, 0.15) is 0 Å². The molecule has 1 aromatic heterocycles. The van der Waals surface area contributed by atoms with E-state index in [0.29, 0.717) is 12.1 Å². The summed E-state index contributed by atoms with van der Waals surface area (Å²) in [5.74, 6) is -0.0391. The van der Waals surface area contributed by atoms with Crippen LogP contribution in [-0.4, -0.2) is 31.4 Å². The first-order chi connectivity index (χ1) is 9.97. The highest BCUT2D eigenvalue weighted by Crippen LogP contribution is 2.22. The van der Waals surface area contributed by atoms with Gasteiger partial charge in [-0.25, -0.2) is 0 Å². The van der Waals surface area contributed by atoms with Gasteiger partial charge in [-0.15, -0.1) is 11.3 Å². The number of aryl methyl sites for hydroxylation is 1. The summed E-state index contributed by atoms with van der Waals surface area (Å²) in [6, 6.07) is 10.1. The van der Waals surface area contributed by atoms with Crippen LogP contribution >= 0.6 is 27.3 Å². The van der Waals surface area contributed by atoms with Crippen molar-refractivity contribution >= 4 is 33.2 Å². The monoisotopic (exact) mass is 366 g/mol. The van der Waals surface area contributed by atoms with Crippen LogP contribution in [0.5, 0.6) is 0 Å². The molecule has 1 heterocycles. The smallest absolute Gasteiger partial charge is 0.251 e. The average Bonchev–Trinajstić information content (AvgIpc) is 2.91. The second kappa shape index (κ2) is 7.20. The predicted octanol–water partition coefficient (Wildman–Crippen LogP) is 3.85. The van der Waals surface area contributed by atoms with Gasteiger partial charge in [0.15, 0.2) is 0 Å². The quantitative estimate of drug-likeness (QED) is 0.871. The highest BCUT2D eigenvalue weighted by molar-refractivity contribution is 9.10. The molecular formula is C16H19BrN2OS. The van der Waals surface area contributed by atoms with E-state index in [0.717, 1.165) is 10.0 Å². The van der Waals surface area contributed by atoms with Crippen LogP contribution in [0.3, 0.4) is 0 Å². The number of amides is 1. The zero-order chi connectivity index (χ0) is 15.4. The Bertz CT molecular complexity index is 590. The molecule has 5 heteroatoms. The van der Waals surface area contributed by atoms with Gasteiger partial charge in [0.25, 0.3) is 5.91 Å². The molecule has 0 aliphatic carbocycles. The van der Waals surface area contributed by atoms with E-state index in [4.69, 9.17) is 0 Å². The molecule has 3 nitrogen and oxygen atoms in total. The maximum Gasteiger partial charge on any atom is 0.251 e. The second-order valence-corrected chi connectivity index (χ2v) is 7.12. The number of carbonyl (C=O) groups is 1. The molecule has 0 saturated carbocycles. The van der Waals surface area contributed by atoms with Crippen LogP contribution in [0.4, 0.5) is 0 Å². The van der Waals surface area contributed by atoms with Crippen molar-refractivity contribution in [2.45, 2.75) is 13.0 Å². The van der Waals surface area contributed by atoms with E-state index in [1.807, 2.05) is 45.3 Å². The molecule has 0 radical (unpaired) electrons. The maximum atomic E-state index is 12.3. The van der Waals surface area contributed by atoms with Crippen molar-refractivity contribution in [1.82, 2.24) is 10.2 Å². The van der Waals surface area contributed by atoms with Gasteiger partial charge in [-0.1, -0.05) is 22.0 Å². The van der Waals surface area contributed by atoms with Crippen LogP contribution in [0.2, 0.25) is 0 Å². The number of carbonyl (C=O) groups excluding carboxylic acids is 1. The van der Waals surface area contributed by atoms with Gasteiger partial charge >= 0.3 is 0 Å². The molecule has 21 heavy (non-hydrogen) atoms. The molecule has 1 N–H and O–H groups in total. The summed E-state index contributed by atoms with van der Waals surface area (Å²) in [7, 11) is 4.06. The lowest BCUT2D eigenvalue weighted by Crippen LogP contribution is -2.34. The van der Waals surface area contributed by atoms with E-state index < -0.39 is 0 Å². The minimum atomic E-state index is -0.0391. The molecule has 1 aromatic carbocycles. The van der Waals surface area contributed by atoms with Gasteiger partial charge in [0.05, 0.1) is 6.04 Å². The fourth-order valence-electron chi connectivity index (χ4n) is 2.18. The summed E-state index contributed by atoms with van der Waals surface area (Å²) in [5.41, 5.74) is 1.75. The zero-order valence-corrected chi connectivity index (χ0v) is 14.8. The van der Waals surface area contributed by atoms with Crippen molar-refractivity contribution < 1.29 is 4.79 Å². The van der Waals surface area contributed by atoms with Gasteiger partial charge in [-0.2, -0.15) is 0 Å². The number of halogens is 1. The summed E-state index contributed by atoms with van der Waals surface area (Å²) in [6.45, 7) is 2.58. The van der Waals surface area contributed by atoms with Crippen molar-refractivity contribution in [1.29, 1.82) is 0 Å². The van der Waals surface area contributed by atoms with Gasteiger partial charge in [0.2, 0.25) is 0 Å². The normalized spacial score (nSPS) is 12.4. The zero-order valence-electron chi connectivity index (χ0n) is 12.4. The minimum absolute atomic E-state index is 0.0391. The molecule has 0 aliphatic rings. The van der Waals surface area contributed by atoms with E-state index in [1.54, 1.807) is 11.3 Å². The van der Waals surface area contributed by atoms with Gasteiger partial charge in [0, 0.05) is 21.5 Å². The topological polar surface area (TPSA) is 32.3 Å². The standard InChI is InChI=1S/C16H19BrN2OS/c1-11-7-12(9-13(17)8-11)16(20)18-10-14(19(2)3)15-5-4-6-21-15/h4-9,14H,10H2,1-3H3,(H,18,20). The average molecular weight is 367 g/mol. The molecular weight excluding hydrogens is 348 g/mol. The maximum absolute atomic E-state index is 12.3.